The lowest BCUT2D eigenvalue weighted by molar-refractivity contribution is -0.124. The Kier molecular flexibility index (Phi) is 7.52. The zero-order valence-electron chi connectivity index (χ0n) is 17.1. The first-order chi connectivity index (χ1) is 14.5. The summed E-state index contributed by atoms with van der Waals surface area (Å²) in [5.41, 5.74) is 3.76. The fourth-order valence-electron chi connectivity index (χ4n) is 3.72. The molecule has 8 heteroatoms. The first-order valence-electron chi connectivity index (χ1n) is 10.3. The van der Waals surface area contributed by atoms with Crippen molar-refractivity contribution in [3.05, 3.63) is 46.7 Å². The number of carbonyl (C=O) groups excluding carboxylic acids is 3. The first-order valence-corrected chi connectivity index (χ1v) is 11.3. The van der Waals surface area contributed by atoms with E-state index >= 15 is 0 Å². The van der Waals surface area contributed by atoms with Gasteiger partial charge in [0.25, 0.3) is 11.1 Å². The molecule has 0 radical (unpaired) electrons. The number of nitrogens with one attached hydrogen (secondary N) is 2. The molecule has 1 unspecified atom stereocenters. The highest BCUT2D eigenvalue weighted by Gasteiger charge is 2.29. The molecule has 1 fully saturated rings. The lowest BCUT2D eigenvalue weighted by atomic mass is 9.88. The standard InChI is InChI=1S/C22H26N4O3S/c1-2-19(17-8-7-15-5-3-4-6-16(15)11-17)25-21(28)18(12-23)13-24-9-10-26-20(27)14-30-22(26)29/h7-8,11,13,19,24H,2-6,9-10,14H2,1H3,(H,25,28)/b18-13-. The summed E-state index contributed by atoms with van der Waals surface area (Å²) in [6.07, 6.45) is 6.66. The van der Waals surface area contributed by atoms with Crippen LogP contribution in [-0.4, -0.2) is 40.8 Å². The second-order valence-electron chi connectivity index (χ2n) is 7.39. The minimum atomic E-state index is -0.446. The van der Waals surface area contributed by atoms with Crippen molar-refractivity contribution in [2.45, 2.75) is 45.1 Å². The van der Waals surface area contributed by atoms with Gasteiger partial charge in [0, 0.05) is 19.3 Å². The summed E-state index contributed by atoms with van der Waals surface area (Å²) >= 11 is 0.981. The summed E-state index contributed by atoms with van der Waals surface area (Å²) in [5, 5.41) is 14.9. The van der Waals surface area contributed by atoms with E-state index in [1.165, 1.54) is 35.1 Å². The lowest BCUT2D eigenvalue weighted by Crippen LogP contribution is -2.35. The van der Waals surface area contributed by atoms with Gasteiger partial charge in [-0.25, -0.2) is 0 Å². The van der Waals surface area contributed by atoms with Crippen molar-refractivity contribution in [2.75, 3.05) is 18.8 Å². The van der Waals surface area contributed by atoms with Gasteiger partial charge < -0.3 is 10.6 Å². The van der Waals surface area contributed by atoms with E-state index in [2.05, 4.69) is 28.8 Å². The summed E-state index contributed by atoms with van der Waals surface area (Å²) in [5.74, 6) is -0.495. The van der Waals surface area contributed by atoms with Crippen LogP contribution in [0.4, 0.5) is 4.79 Å². The number of hydrogen-bond acceptors (Lipinski definition) is 6. The molecule has 0 saturated carbocycles. The van der Waals surface area contributed by atoms with Gasteiger partial charge in [-0.1, -0.05) is 36.9 Å². The Bertz CT molecular complexity index is 890. The van der Waals surface area contributed by atoms with E-state index in [-0.39, 0.29) is 41.6 Å². The number of nitrogens with zero attached hydrogens (tertiary/aromatic N) is 2. The maximum Gasteiger partial charge on any atom is 0.288 e. The highest BCUT2D eigenvalue weighted by molar-refractivity contribution is 8.14. The third-order valence-corrected chi connectivity index (χ3v) is 6.28. The van der Waals surface area contributed by atoms with E-state index in [4.69, 9.17) is 0 Å². The van der Waals surface area contributed by atoms with E-state index in [0.29, 0.717) is 6.42 Å². The smallest absolute Gasteiger partial charge is 0.288 e. The van der Waals surface area contributed by atoms with Gasteiger partial charge in [0.05, 0.1) is 11.8 Å². The lowest BCUT2D eigenvalue weighted by Gasteiger charge is -2.21. The summed E-state index contributed by atoms with van der Waals surface area (Å²) < 4.78 is 0. The van der Waals surface area contributed by atoms with Crippen molar-refractivity contribution < 1.29 is 14.4 Å². The molecule has 1 saturated heterocycles. The van der Waals surface area contributed by atoms with Gasteiger partial charge in [-0.2, -0.15) is 5.26 Å². The number of fused-ring (bicyclic) bond motifs is 1. The summed E-state index contributed by atoms with van der Waals surface area (Å²) in [4.78, 5) is 36.9. The van der Waals surface area contributed by atoms with Crippen molar-refractivity contribution in [1.82, 2.24) is 15.5 Å². The van der Waals surface area contributed by atoms with Gasteiger partial charge in [0.2, 0.25) is 5.91 Å². The minimum Gasteiger partial charge on any atom is -0.388 e. The fraction of sp³-hybridized carbons (Fsp3) is 0.455. The van der Waals surface area contributed by atoms with Crippen LogP contribution in [0.25, 0.3) is 0 Å². The molecule has 0 aromatic heterocycles. The van der Waals surface area contributed by atoms with Crippen LogP contribution >= 0.6 is 11.8 Å². The predicted octanol–water partition coefficient (Wildman–Crippen LogP) is 2.83. The molecule has 1 aliphatic heterocycles. The van der Waals surface area contributed by atoms with Gasteiger partial charge in [0.15, 0.2) is 0 Å². The van der Waals surface area contributed by atoms with E-state index in [0.717, 1.165) is 30.2 Å². The van der Waals surface area contributed by atoms with E-state index < -0.39 is 5.91 Å². The molecule has 1 aliphatic carbocycles. The molecule has 2 N–H and O–H groups in total. The summed E-state index contributed by atoms with van der Waals surface area (Å²) in [7, 11) is 0. The Labute approximate surface area is 180 Å². The number of imide groups is 1. The van der Waals surface area contributed by atoms with Crippen LogP contribution in [0.2, 0.25) is 0 Å². The molecule has 0 bridgehead atoms. The number of rotatable bonds is 8. The summed E-state index contributed by atoms with van der Waals surface area (Å²) in [6.45, 7) is 2.48. The third kappa shape index (κ3) is 5.22. The Balaban J connectivity index is 1.57. The van der Waals surface area contributed by atoms with Crippen LogP contribution in [0.1, 0.15) is 48.9 Å². The number of amides is 3. The fourth-order valence-corrected chi connectivity index (χ4v) is 4.48. The molecule has 3 rings (SSSR count). The zero-order chi connectivity index (χ0) is 21.5. The van der Waals surface area contributed by atoms with Crippen LogP contribution in [0, 0.1) is 11.3 Å². The van der Waals surface area contributed by atoms with E-state index in [9.17, 15) is 19.6 Å². The van der Waals surface area contributed by atoms with Crippen LogP contribution in [0.5, 0.6) is 0 Å². The van der Waals surface area contributed by atoms with Crippen molar-refractivity contribution in [3.8, 4) is 6.07 Å². The molecule has 3 amide bonds. The molecular formula is C22H26N4O3S. The number of thioether (sulfide) groups is 1. The zero-order valence-corrected chi connectivity index (χ0v) is 17.9. The van der Waals surface area contributed by atoms with Crippen molar-refractivity contribution in [2.24, 2.45) is 0 Å². The molecule has 2 aliphatic rings. The molecule has 1 atom stereocenters. The molecule has 30 heavy (non-hydrogen) atoms. The number of carbonyl (C=O) groups is 3. The quantitative estimate of drug-likeness (QED) is 0.376. The van der Waals surface area contributed by atoms with Gasteiger partial charge in [-0.3, -0.25) is 19.3 Å². The Hall–Kier alpha value is -2.79. The molecule has 1 aromatic carbocycles. The van der Waals surface area contributed by atoms with E-state index in [1.807, 2.05) is 13.0 Å². The Morgan fingerprint density at radius 2 is 2.07 bits per heavy atom. The molecule has 1 aromatic rings. The first kappa shape index (κ1) is 21.9. The highest BCUT2D eigenvalue weighted by atomic mass is 32.2. The van der Waals surface area contributed by atoms with Crippen molar-refractivity contribution in [1.29, 1.82) is 5.26 Å². The Morgan fingerprint density at radius 3 is 2.73 bits per heavy atom. The van der Waals surface area contributed by atoms with Crippen LogP contribution in [-0.2, 0) is 22.4 Å². The number of nitriles is 1. The van der Waals surface area contributed by atoms with Gasteiger partial charge in [0.1, 0.15) is 11.6 Å². The normalized spacial score (nSPS) is 17.3. The number of hydrogen-bond donors (Lipinski definition) is 2. The third-order valence-electron chi connectivity index (χ3n) is 5.42. The van der Waals surface area contributed by atoms with Crippen molar-refractivity contribution >= 4 is 28.8 Å². The molecule has 0 spiro atoms. The largest absolute Gasteiger partial charge is 0.388 e. The summed E-state index contributed by atoms with van der Waals surface area (Å²) in [6, 6.07) is 8.14. The second kappa shape index (κ2) is 10.3. The molecule has 1 heterocycles. The van der Waals surface area contributed by atoms with Crippen LogP contribution in [0.15, 0.2) is 30.0 Å². The average Bonchev–Trinajstić information content (AvgIpc) is 3.09. The van der Waals surface area contributed by atoms with Crippen LogP contribution in [0.3, 0.4) is 0 Å². The SMILES string of the molecule is CCC(NC(=O)/C(C#N)=C\NCCN1C(=O)CSC1=O)c1ccc2c(c1)CCCC2. The Morgan fingerprint density at radius 1 is 1.30 bits per heavy atom. The highest BCUT2D eigenvalue weighted by Crippen LogP contribution is 2.26. The molecule has 158 valence electrons. The maximum absolute atomic E-state index is 12.6. The van der Waals surface area contributed by atoms with Gasteiger partial charge >= 0.3 is 0 Å². The van der Waals surface area contributed by atoms with Gasteiger partial charge in [-0.05, 0) is 48.8 Å². The predicted molar refractivity (Wildman–Crippen MR) is 116 cm³/mol. The van der Waals surface area contributed by atoms with Gasteiger partial charge in [-0.15, -0.1) is 0 Å². The molecular weight excluding hydrogens is 400 g/mol. The topological polar surface area (TPSA) is 102 Å². The van der Waals surface area contributed by atoms with Crippen molar-refractivity contribution in [3.63, 3.8) is 0 Å². The molecule has 7 nitrogen and oxygen atoms in total. The van der Waals surface area contributed by atoms with E-state index in [1.54, 1.807) is 0 Å². The van der Waals surface area contributed by atoms with Crippen LogP contribution < -0.4 is 10.6 Å². The number of aryl methyl sites for hydroxylation is 2. The average molecular weight is 427 g/mol. The number of benzene rings is 1. The minimum absolute atomic E-state index is 0.0418. The monoisotopic (exact) mass is 426 g/mol. The maximum atomic E-state index is 12.6. The second-order valence-corrected chi connectivity index (χ2v) is 8.32.